The second-order valence-electron chi connectivity index (χ2n) is 6.33. The van der Waals surface area contributed by atoms with E-state index in [9.17, 15) is 4.79 Å². The summed E-state index contributed by atoms with van der Waals surface area (Å²) in [5.41, 5.74) is 1.95. The Hall–Kier alpha value is -2.54. The molecule has 1 aliphatic heterocycles. The number of hydrogen-bond donors (Lipinski definition) is 0. The number of carbonyl (C=O) groups is 1. The van der Waals surface area contributed by atoms with Crippen molar-refractivity contribution in [1.82, 2.24) is 4.90 Å². The largest absolute Gasteiger partial charge is 0.489 e. The summed E-state index contributed by atoms with van der Waals surface area (Å²) in [5.74, 6) is 1.34. The Labute approximate surface area is 183 Å². The monoisotopic (exact) mass is 441 g/mol. The van der Waals surface area contributed by atoms with Gasteiger partial charge in [-0.1, -0.05) is 59.8 Å². The molecule has 1 saturated heterocycles. The van der Waals surface area contributed by atoms with Crippen LogP contribution in [0.2, 0.25) is 5.02 Å². The smallest absolute Gasteiger partial charge is 0.266 e. The van der Waals surface area contributed by atoms with Crippen molar-refractivity contribution in [3.05, 3.63) is 93.7 Å². The molecular weight excluding hydrogens is 426 g/mol. The van der Waals surface area contributed by atoms with Crippen molar-refractivity contribution in [2.75, 3.05) is 0 Å². The fourth-order valence-corrected chi connectivity index (χ4v) is 4.13. The first-order valence-corrected chi connectivity index (χ1v) is 10.4. The van der Waals surface area contributed by atoms with E-state index in [1.165, 1.54) is 11.8 Å². The average Bonchev–Trinajstić information content (AvgIpc) is 3.33. The highest BCUT2D eigenvalue weighted by Crippen LogP contribution is 2.33. The first kappa shape index (κ1) is 19.8. The van der Waals surface area contributed by atoms with Crippen LogP contribution in [0.5, 0.6) is 5.75 Å². The molecular formula is C22H16ClNO3S2. The number of carbonyl (C=O) groups excluding carboxylic acids is 1. The first-order chi connectivity index (χ1) is 14.1. The van der Waals surface area contributed by atoms with Crippen molar-refractivity contribution in [2.24, 2.45) is 0 Å². The van der Waals surface area contributed by atoms with Crippen LogP contribution in [0.15, 0.2) is 76.2 Å². The van der Waals surface area contributed by atoms with Crippen LogP contribution in [0.3, 0.4) is 0 Å². The van der Waals surface area contributed by atoms with E-state index in [2.05, 4.69) is 0 Å². The van der Waals surface area contributed by atoms with Crippen molar-refractivity contribution in [1.29, 1.82) is 0 Å². The molecule has 4 nitrogen and oxygen atoms in total. The maximum Gasteiger partial charge on any atom is 0.266 e. The van der Waals surface area contributed by atoms with Crippen molar-refractivity contribution < 1.29 is 13.9 Å². The molecule has 2 heterocycles. The standard InChI is InChI=1S/C22H16ClNO3S2/c23-17-7-3-16(4-8-17)14-27-18-9-5-15(6-10-18)12-20-21(25)24(22(28)29-20)13-19-2-1-11-26-19/h1-12H,13-14H2. The van der Waals surface area contributed by atoms with E-state index < -0.39 is 0 Å². The molecule has 4 rings (SSSR count). The van der Waals surface area contributed by atoms with Gasteiger partial charge in [-0.2, -0.15) is 0 Å². The lowest BCUT2D eigenvalue weighted by molar-refractivity contribution is -0.122. The summed E-state index contributed by atoms with van der Waals surface area (Å²) in [5, 5.41) is 0.702. The lowest BCUT2D eigenvalue weighted by Gasteiger charge is -2.12. The summed E-state index contributed by atoms with van der Waals surface area (Å²) in [6.45, 7) is 0.800. The van der Waals surface area contributed by atoms with Crippen LogP contribution >= 0.6 is 35.6 Å². The van der Waals surface area contributed by atoms with Crippen LogP contribution in [-0.2, 0) is 17.9 Å². The van der Waals surface area contributed by atoms with E-state index in [1.807, 2.05) is 60.7 Å². The number of amides is 1. The molecule has 0 atom stereocenters. The molecule has 0 bridgehead atoms. The summed E-state index contributed by atoms with van der Waals surface area (Å²) in [4.78, 5) is 14.8. The summed E-state index contributed by atoms with van der Waals surface area (Å²) in [6.07, 6.45) is 3.42. The van der Waals surface area contributed by atoms with Gasteiger partial charge in [-0.3, -0.25) is 9.69 Å². The molecule has 7 heteroatoms. The van der Waals surface area contributed by atoms with Gasteiger partial charge in [0.1, 0.15) is 22.4 Å². The second kappa shape index (κ2) is 8.86. The van der Waals surface area contributed by atoms with Crippen LogP contribution in [0, 0.1) is 0 Å². The number of ether oxygens (including phenoxy) is 1. The number of rotatable bonds is 6. The zero-order chi connectivity index (χ0) is 20.2. The quantitative estimate of drug-likeness (QED) is 0.351. The van der Waals surface area contributed by atoms with Gasteiger partial charge >= 0.3 is 0 Å². The second-order valence-corrected chi connectivity index (χ2v) is 8.44. The van der Waals surface area contributed by atoms with Gasteiger partial charge in [0.25, 0.3) is 5.91 Å². The normalized spacial score (nSPS) is 15.3. The van der Waals surface area contributed by atoms with Crippen molar-refractivity contribution in [2.45, 2.75) is 13.2 Å². The lowest BCUT2D eigenvalue weighted by atomic mass is 10.2. The molecule has 0 unspecified atom stereocenters. The number of thiocarbonyl (C=S) groups is 1. The van der Waals surface area contributed by atoms with E-state index in [1.54, 1.807) is 17.2 Å². The van der Waals surface area contributed by atoms with E-state index in [-0.39, 0.29) is 5.91 Å². The minimum atomic E-state index is -0.112. The number of furan rings is 1. The molecule has 1 amide bonds. The zero-order valence-electron chi connectivity index (χ0n) is 15.2. The molecule has 1 aromatic heterocycles. The van der Waals surface area contributed by atoms with Gasteiger partial charge in [0, 0.05) is 5.02 Å². The van der Waals surface area contributed by atoms with Crippen LogP contribution in [0.4, 0.5) is 0 Å². The molecule has 0 radical (unpaired) electrons. The minimum Gasteiger partial charge on any atom is -0.489 e. The SMILES string of the molecule is O=C1C(=Cc2ccc(OCc3ccc(Cl)cc3)cc2)SC(=S)N1Cc1ccco1. The van der Waals surface area contributed by atoms with Crippen molar-refractivity contribution >= 4 is 51.9 Å². The fraction of sp³-hybridized carbons (Fsp3) is 0.0909. The Bertz CT molecular complexity index is 1040. The van der Waals surface area contributed by atoms with Gasteiger partial charge in [-0.05, 0) is 53.6 Å². The number of nitrogens with zero attached hydrogens (tertiary/aromatic N) is 1. The fourth-order valence-electron chi connectivity index (χ4n) is 2.75. The summed E-state index contributed by atoms with van der Waals surface area (Å²) in [6, 6.07) is 18.7. The summed E-state index contributed by atoms with van der Waals surface area (Å²) >= 11 is 12.5. The van der Waals surface area contributed by atoms with Crippen LogP contribution in [-0.4, -0.2) is 15.1 Å². The highest BCUT2D eigenvalue weighted by atomic mass is 35.5. The third kappa shape index (κ3) is 4.90. The number of benzene rings is 2. The Balaban J connectivity index is 1.39. The third-order valence-electron chi connectivity index (χ3n) is 4.26. The minimum absolute atomic E-state index is 0.112. The van der Waals surface area contributed by atoms with Gasteiger partial charge in [-0.15, -0.1) is 0 Å². The van der Waals surface area contributed by atoms with Crippen LogP contribution in [0.1, 0.15) is 16.9 Å². The maximum atomic E-state index is 12.7. The molecule has 1 fully saturated rings. The van der Waals surface area contributed by atoms with Gasteiger partial charge in [0.15, 0.2) is 0 Å². The number of hydrogen-bond acceptors (Lipinski definition) is 5. The van der Waals surface area contributed by atoms with E-state index >= 15 is 0 Å². The van der Waals surface area contributed by atoms with Crippen LogP contribution < -0.4 is 4.74 Å². The van der Waals surface area contributed by atoms with Crippen molar-refractivity contribution in [3.63, 3.8) is 0 Å². The summed E-state index contributed by atoms with van der Waals surface area (Å²) in [7, 11) is 0. The molecule has 29 heavy (non-hydrogen) atoms. The Kier molecular flexibility index (Phi) is 6.04. The molecule has 0 spiro atoms. The summed E-state index contributed by atoms with van der Waals surface area (Å²) < 4.78 is 11.6. The maximum absolute atomic E-state index is 12.7. The molecule has 0 saturated carbocycles. The third-order valence-corrected chi connectivity index (χ3v) is 5.89. The van der Waals surface area contributed by atoms with Gasteiger partial charge in [-0.25, -0.2) is 0 Å². The highest BCUT2D eigenvalue weighted by Gasteiger charge is 2.32. The Morgan fingerprint density at radius 2 is 1.86 bits per heavy atom. The topological polar surface area (TPSA) is 42.7 Å². The Morgan fingerprint density at radius 1 is 1.10 bits per heavy atom. The molecule has 0 aliphatic carbocycles. The number of thioether (sulfide) groups is 1. The molecule has 3 aromatic rings. The zero-order valence-corrected chi connectivity index (χ0v) is 17.6. The van der Waals surface area contributed by atoms with E-state index in [4.69, 9.17) is 33.0 Å². The number of halogens is 1. The lowest BCUT2D eigenvalue weighted by Crippen LogP contribution is -2.27. The van der Waals surface area contributed by atoms with E-state index in [0.29, 0.717) is 33.2 Å². The molecule has 0 N–H and O–H groups in total. The predicted octanol–water partition coefficient (Wildman–Crippen LogP) is 5.91. The predicted molar refractivity (Wildman–Crippen MR) is 120 cm³/mol. The van der Waals surface area contributed by atoms with E-state index in [0.717, 1.165) is 16.9 Å². The van der Waals surface area contributed by atoms with Crippen LogP contribution in [0.25, 0.3) is 6.08 Å². The van der Waals surface area contributed by atoms with Gasteiger partial charge < -0.3 is 9.15 Å². The van der Waals surface area contributed by atoms with Crippen molar-refractivity contribution in [3.8, 4) is 5.75 Å². The first-order valence-electron chi connectivity index (χ1n) is 8.83. The molecule has 2 aromatic carbocycles. The molecule has 146 valence electrons. The average molecular weight is 442 g/mol. The van der Waals surface area contributed by atoms with Gasteiger partial charge in [0.2, 0.25) is 0 Å². The molecule has 1 aliphatic rings. The highest BCUT2D eigenvalue weighted by molar-refractivity contribution is 8.26. The Morgan fingerprint density at radius 3 is 2.55 bits per heavy atom. The van der Waals surface area contributed by atoms with Gasteiger partial charge in [0.05, 0.1) is 17.7 Å².